The third-order valence-electron chi connectivity index (χ3n) is 3.73. The molecular formula is C12H25N3O3S. The standard InChI is InChI=1S/C12H25N3O3S/c1-9-5-13-6-10(2)15(9)19(16,17)14-7-11(3)18-12(4)8-14/h9-13H,5-8H2,1-4H3. The van der Waals surface area contributed by atoms with E-state index < -0.39 is 10.2 Å². The highest BCUT2D eigenvalue weighted by Crippen LogP contribution is 2.22. The summed E-state index contributed by atoms with van der Waals surface area (Å²) in [6.45, 7) is 10.0. The van der Waals surface area contributed by atoms with Crippen molar-refractivity contribution >= 4 is 10.2 Å². The van der Waals surface area contributed by atoms with Crippen molar-refractivity contribution in [1.82, 2.24) is 13.9 Å². The van der Waals surface area contributed by atoms with Crippen molar-refractivity contribution in [2.45, 2.75) is 52.0 Å². The van der Waals surface area contributed by atoms with Crippen LogP contribution in [0.5, 0.6) is 0 Å². The quantitative estimate of drug-likeness (QED) is 0.779. The second-order valence-electron chi connectivity index (χ2n) is 5.77. The summed E-state index contributed by atoms with van der Waals surface area (Å²) in [6, 6.07) is -0.0237. The van der Waals surface area contributed by atoms with Crippen LogP contribution < -0.4 is 5.32 Å². The van der Waals surface area contributed by atoms with E-state index in [-0.39, 0.29) is 24.3 Å². The van der Waals surface area contributed by atoms with Gasteiger partial charge in [-0.1, -0.05) is 0 Å². The molecule has 6 nitrogen and oxygen atoms in total. The summed E-state index contributed by atoms with van der Waals surface area (Å²) in [7, 11) is -3.40. The summed E-state index contributed by atoms with van der Waals surface area (Å²) < 4.78 is 34.5. The summed E-state index contributed by atoms with van der Waals surface area (Å²) in [4.78, 5) is 0. The maximum Gasteiger partial charge on any atom is 0.282 e. The van der Waals surface area contributed by atoms with E-state index in [1.807, 2.05) is 27.7 Å². The fourth-order valence-electron chi connectivity index (χ4n) is 3.02. The Bertz CT molecular complexity index is 394. The minimum atomic E-state index is -3.40. The van der Waals surface area contributed by atoms with Gasteiger partial charge in [0.25, 0.3) is 10.2 Å². The first-order valence-electron chi connectivity index (χ1n) is 6.97. The Kier molecular flexibility index (Phi) is 4.52. The fourth-order valence-corrected chi connectivity index (χ4v) is 5.14. The molecule has 2 saturated heterocycles. The van der Waals surface area contributed by atoms with E-state index in [0.29, 0.717) is 26.2 Å². The Labute approximate surface area is 116 Å². The topological polar surface area (TPSA) is 61.9 Å². The number of nitrogens with one attached hydrogen (secondary N) is 1. The Balaban J connectivity index is 2.20. The predicted octanol–water partition coefficient (Wildman–Crippen LogP) is 0.0226. The van der Waals surface area contributed by atoms with Crippen LogP contribution >= 0.6 is 0 Å². The molecule has 2 aliphatic rings. The van der Waals surface area contributed by atoms with E-state index >= 15 is 0 Å². The lowest BCUT2D eigenvalue weighted by atomic mass is 10.2. The highest BCUT2D eigenvalue weighted by Gasteiger charge is 2.40. The van der Waals surface area contributed by atoms with Gasteiger partial charge in [-0.05, 0) is 27.7 Å². The van der Waals surface area contributed by atoms with Gasteiger partial charge in [-0.3, -0.25) is 0 Å². The summed E-state index contributed by atoms with van der Waals surface area (Å²) in [6.07, 6.45) is -0.0981. The monoisotopic (exact) mass is 291 g/mol. The van der Waals surface area contributed by atoms with Gasteiger partial charge in [0.15, 0.2) is 0 Å². The zero-order valence-electron chi connectivity index (χ0n) is 12.2. The van der Waals surface area contributed by atoms with Gasteiger partial charge in [-0.15, -0.1) is 0 Å². The van der Waals surface area contributed by atoms with E-state index in [0.717, 1.165) is 0 Å². The average molecular weight is 291 g/mol. The smallest absolute Gasteiger partial charge is 0.282 e. The van der Waals surface area contributed by atoms with Gasteiger partial charge in [0, 0.05) is 38.3 Å². The molecule has 0 aromatic rings. The summed E-state index contributed by atoms with van der Waals surface area (Å²) in [5.74, 6) is 0. The second kappa shape index (κ2) is 5.65. The molecule has 1 N–H and O–H groups in total. The zero-order chi connectivity index (χ0) is 14.2. The predicted molar refractivity (Wildman–Crippen MR) is 74.1 cm³/mol. The minimum Gasteiger partial charge on any atom is -0.373 e. The lowest BCUT2D eigenvalue weighted by Crippen LogP contribution is -2.62. The Morgan fingerprint density at radius 1 is 1.00 bits per heavy atom. The lowest BCUT2D eigenvalue weighted by Gasteiger charge is -2.43. The molecule has 7 heteroatoms. The molecule has 0 radical (unpaired) electrons. The molecule has 2 fully saturated rings. The molecule has 2 aliphatic heterocycles. The van der Waals surface area contributed by atoms with Crippen LogP contribution in [0.4, 0.5) is 0 Å². The fraction of sp³-hybridized carbons (Fsp3) is 1.00. The first kappa shape index (κ1) is 15.2. The van der Waals surface area contributed by atoms with Gasteiger partial charge >= 0.3 is 0 Å². The molecule has 0 bridgehead atoms. The van der Waals surface area contributed by atoms with Gasteiger partial charge in [-0.25, -0.2) is 0 Å². The molecule has 112 valence electrons. The summed E-state index contributed by atoms with van der Waals surface area (Å²) in [5, 5.41) is 3.26. The number of nitrogens with zero attached hydrogens (tertiary/aromatic N) is 2. The van der Waals surface area contributed by atoms with Crippen molar-refractivity contribution < 1.29 is 13.2 Å². The largest absolute Gasteiger partial charge is 0.373 e. The molecule has 0 aromatic carbocycles. The minimum absolute atomic E-state index is 0.0118. The number of ether oxygens (including phenoxy) is 1. The van der Waals surface area contributed by atoms with Crippen LogP contribution in [-0.4, -0.2) is 67.5 Å². The third-order valence-corrected chi connectivity index (χ3v) is 5.93. The van der Waals surface area contributed by atoms with Crippen LogP contribution in [0.2, 0.25) is 0 Å². The number of morpholine rings is 1. The first-order valence-corrected chi connectivity index (χ1v) is 8.37. The second-order valence-corrected chi connectivity index (χ2v) is 7.60. The van der Waals surface area contributed by atoms with Crippen molar-refractivity contribution in [3.63, 3.8) is 0 Å². The number of hydrogen-bond acceptors (Lipinski definition) is 4. The normalized spacial score (nSPS) is 39.4. The van der Waals surface area contributed by atoms with Crippen LogP contribution in [0.3, 0.4) is 0 Å². The van der Waals surface area contributed by atoms with Crippen molar-refractivity contribution in [3.05, 3.63) is 0 Å². The highest BCUT2D eigenvalue weighted by molar-refractivity contribution is 7.86. The first-order chi connectivity index (χ1) is 8.82. The summed E-state index contributed by atoms with van der Waals surface area (Å²) in [5.41, 5.74) is 0. The number of rotatable bonds is 2. The molecule has 19 heavy (non-hydrogen) atoms. The van der Waals surface area contributed by atoms with Crippen LogP contribution in [0, 0.1) is 0 Å². The molecule has 0 spiro atoms. The maximum atomic E-state index is 12.8. The van der Waals surface area contributed by atoms with Crippen LogP contribution in [0.15, 0.2) is 0 Å². The van der Waals surface area contributed by atoms with E-state index in [9.17, 15) is 8.42 Å². The van der Waals surface area contributed by atoms with Crippen molar-refractivity contribution in [3.8, 4) is 0 Å². The summed E-state index contributed by atoms with van der Waals surface area (Å²) >= 11 is 0. The Morgan fingerprint density at radius 3 is 1.95 bits per heavy atom. The van der Waals surface area contributed by atoms with Gasteiger partial charge in [0.2, 0.25) is 0 Å². The Hall–Kier alpha value is -0.210. The third kappa shape index (κ3) is 3.11. The zero-order valence-corrected chi connectivity index (χ0v) is 13.0. The van der Waals surface area contributed by atoms with Gasteiger partial charge < -0.3 is 10.1 Å². The van der Waals surface area contributed by atoms with Crippen LogP contribution in [0.1, 0.15) is 27.7 Å². The van der Waals surface area contributed by atoms with Crippen molar-refractivity contribution in [2.24, 2.45) is 0 Å². The van der Waals surface area contributed by atoms with E-state index in [1.165, 1.54) is 0 Å². The van der Waals surface area contributed by atoms with Gasteiger partial charge in [0.1, 0.15) is 0 Å². The molecule has 0 saturated carbocycles. The molecule has 2 rings (SSSR count). The van der Waals surface area contributed by atoms with Gasteiger partial charge in [-0.2, -0.15) is 17.0 Å². The van der Waals surface area contributed by atoms with E-state index in [4.69, 9.17) is 4.74 Å². The van der Waals surface area contributed by atoms with Crippen molar-refractivity contribution in [1.29, 1.82) is 0 Å². The molecule has 4 atom stereocenters. The van der Waals surface area contributed by atoms with Crippen molar-refractivity contribution in [2.75, 3.05) is 26.2 Å². The average Bonchev–Trinajstić information content (AvgIpc) is 2.26. The van der Waals surface area contributed by atoms with E-state index in [2.05, 4.69) is 5.32 Å². The molecule has 0 aliphatic carbocycles. The number of piperazine rings is 1. The van der Waals surface area contributed by atoms with Crippen LogP contribution in [-0.2, 0) is 14.9 Å². The Morgan fingerprint density at radius 2 is 1.47 bits per heavy atom. The highest BCUT2D eigenvalue weighted by atomic mass is 32.2. The van der Waals surface area contributed by atoms with Crippen LogP contribution in [0.25, 0.3) is 0 Å². The molecule has 0 amide bonds. The lowest BCUT2D eigenvalue weighted by molar-refractivity contribution is -0.0462. The maximum absolute atomic E-state index is 12.8. The molecule has 4 unspecified atom stereocenters. The van der Waals surface area contributed by atoms with Gasteiger partial charge in [0.05, 0.1) is 12.2 Å². The van der Waals surface area contributed by atoms with E-state index in [1.54, 1.807) is 8.61 Å². The molecule has 0 aromatic heterocycles. The molecular weight excluding hydrogens is 266 g/mol. The molecule has 2 heterocycles. The number of hydrogen-bond donors (Lipinski definition) is 1. The SMILES string of the molecule is CC1CN(S(=O)(=O)N2C(C)CNCC2C)CC(C)O1.